The van der Waals surface area contributed by atoms with Crippen molar-refractivity contribution >= 4 is 27.7 Å². The molecule has 0 bridgehead atoms. The maximum absolute atomic E-state index is 13.4. The number of carbonyl (C=O) groups excluding carboxylic acids is 1. The number of nitrogens with one attached hydrogen (secondary N) is 2. The molecule has 0 saturated heterocycles. The Balaban J connectivity index is 1.47. The van der Waals surface area contributed by atoms with Gasteiger partial charge in [-0.3, -0.25) is 4.79 Å². The van der Waals surface area contributed by atoms with E-state index in [1.807, 2.05) is 79.0 Å². The van der Waals surface area contributed by atoms with Gasteiger partial charge >= 0.3 is 0 Å². The van der Waals surface area contributed by atoms with E-state index in [0.717, 1.165) is 38.7 Å². The van der Waals surface area contributed by atoms with Gasteiger partial charge in [-0.1, -0.05) is 48.5 Å². The smallest absolute Gasteiger partial charge is 0.252 e. The number of hydrogen-bond acceptors (Lipinski definition) is 4. The van der Waals surface area contributed by atoms with Gasteiger partial charge in [0, 0.05) is 28.0 Å². The number of fused-ring (bicyclic) bond motifs is 2. The fourth-order valence-corrected chi connectivity index (χ4v) is 4.28. The number of aromatic nitrogens is 2. The number of rotatable bonds is 7. The van der Waals surface area contributed by atoms with E-state index in [-0.39, 0.29) is 12.5 Å². The van der Waals surface area contributed by atoms with E-state index in [9.17, 15) is 9.90 Å². The number of methoxy groups -OCH3 is 1. The van der Waals surface area contributed by atoms with Gasteiger partial charge in [-0.05, 0) is 42.3 Å². The first-order valence-corrected chi connectivity index (χ1v) is 11.2. The predicted molar refractivity (Wildman–Crippen MR) is 134 cm³/mol. The lowest BCUT2D eigenvalue weighted by Gasteiger charge is -2.17. The van der Waals surface area contributed by atoms with Gasteiger partial charge in [-0.2, -0.15) is 0 Å². The number of aromatic amines is 1. The van der Waals surface area contributed by atoms with Crippen LogP contribution in [0.4, 0.5) is 0 Å². The zero-order valence-corrected chi connectivity index (χ0v) is 18.8. The molecule has 0 aliphatic heterocycles. The average Bonchev–Trinajstić information content (AvgIpc) is 3.30. The van der Waals surface area contributed by atoms with Gasteiger partial charge < -0.3 is 20.1 Å². The third kappa shape index (κ3) is 4.23. The van der Waals surface area contributed by atoms with Crippen LogP contribution < -0.4 is 10.1 Å². The number of carbonyl (C=O) groups is 1. The number of nitrogens with zero attached hydrogens (tertiary/aromatic N) is 1. The zero-order chi connectivity index (χ0) is 23.5. The first-order valence-electron chi connectivity index (χ1n) is 11.2. The number of aliphatic hydroxyl groups excluding tert-OH is 1. The summed E-state index contributed by atoms with van der Waals surface area (Å²) in [6, 6.07) is 24.5. The summed E-state index contributed by atoms with van der Waals surface area (Å²) in [5, 5.41) is 14.9. The number of hydrogen-bond donors (Lipinski definition) is 3. The second kappa shape index (κ2) is 9.37. The van der Waals surface area contributed by atoms with Crippen molar-refractivity contribution in [2.75, 3.05) is 13.7 Å². The van der Waals surface area contributed by atoms with Crippen molar-refractivity contribution in [2.45, 2.75) is 12.5 Å². The van der Waals surface area contributed by atoms with Crippen molar-refractivity contribution in [1.29, 1.82) is 0 Å². The Hall–Kier alpha value is -4.16. The zero-order valence-electron chi connectivity index (χ0n) is 18.8. The summed E-state index contributed by atoms with van der Waals surface area (Å²) in [6.07, 6.45) is 2.44. The summed E-state index contributed by atoms with van der Waals surface area (Å²) in [5.41, 5.74) is 4.86. The van der Waals surface area contributed by atoms with Gasteiger partial charge in [0.2, 0.25) is 0 Å². The van der Waals surface area contributed by atoms with Crippen LogP contribution in [0.1, 0.15) is 15.9 Å². The summed E-state index contributed by atoms with van der Waals surface area (Å²) in [7, 11) is 1.62. The number of H-pyrrole nitrogens is 1. The molecular formula is C28H25N3O3. The first kappa shape index (κ1) is 21.7. The standard InChI is InChI=1S/C28H25N3O3/c1-34-21-8-6-7-18(14-21)27-15-24(23-10-3-5-12-26(23)31-27)28(33)30-20(17-32)13-19-16-29-25-11-4-2-9-22(19)25/h2-12,14-16,20,29,32H,13,17H2,1H3,(H,30,33)/t20-/m1/s1. The Morgan fingerprint density at radius 2 is 1.82 bits per heavy atom. The lowest BCUT2D eigenvalue weighted by atomic mass is 10.0. The molecule has 1 atom stereocenters. The molecule has 3 N–H and O–H groups in total. The SMILES string of the molecule is COc1cccc(-c2cc(C(=O)N[C@@H](CO)Cc3c[nH]c4ccccc34)c3ccccc3n2)c1. The van der Waals surface area contributed by atoms with Gasteiger partial charge in [0.1, 0.15) is 5.75 Å². The molecule has 6 nitrogen and oxygen atoms in total. The molecular weight excluding hydrogens is 426 g/mol. The van der Waals surface area contributed by atoms with Crippen molar-refractivity contribution in [3.63, 3.8) is 0 Å². The summed E-state index contributed by atoms with van der Waals surface area (Å²) in [5.74, 6) is 0.471. The van der Waals surface area contributed by atoms with Crippen LogP contribution in [-0.4, -0.2) is 40.7 Å². The lowest BCUT2D eigenvalue weighted by Crippen LogP contribution is -2.39. The minimum absolute atomic E-state index is 0.170. The number of para-hydroxylation sites is 2. The quantitative estimate of drug-likeness (QED) is 0.334. The summed E-state index contributed by atoms with van der Waals surface area (Å²) >= 11 is 0. The molecule has 0 fully saturated rings. The first-order chi connectivity index (χ1) is 16.7. The highest BCUT2D eigenvalue weighted by molar-refractivity contribution is 6.07. The third-order valence-corrected chi connectivity index (χ3v) is 6.02. The predicted octanol–water partition coefficient (Wildman–Crippen LogP) is 4.73. The Morgan fingerprint density at radius 1 is 1.03 bits per heavy atom. The second-order valence-electron chi connectivity index (χ2n) is 8.22. The van der Waals surface area contributed by atoms with E-state index in [0.29, 0.717) is 17.7 Å². The minimum atomic E-state index is -0.432. The van der Waals surface area contributed by atoms with Crippen LogP contribution in [0.3, 0.4) is 0 Å². The molecule has 0 saturated carbocycles. The number of aliphatic hydroxyl groups is 1. The van der Waals surface area contributed by atoms with Crippen LogP contribution in [0.5, 0.6) is 5.75 Å². The van der Waals surface area contributed by atoms with E-state index in [1.165, 1.54) is 0 Å². The van der Waals surface area contributed by atoms with E-state index >= 15 is 0 Å². The molecule has 0 unspecified atom stereocenters. The van der Waals surface area contributed by atoms with E-state index < -0.39 is 6.04 Å². The van der Waals surface area contributed by atoms with Crippen LogP contribution >= 0.6 is 0 Å². The maximum atomic E-state index is 13.4. The average molecular weight is 452 g/mol. The molecule has 170 valence electrons. The van der Waals surface area contributed by atoms with Crippen LogP contribution in [0, 0.1) is 0 Å². The molecule has 5 rings (SSSR count). The Labute approximate surface area is 197 Å². The van der Waals surface area contributed by atoms with Gasteiger partial charge in [0.05, 0.1) is 36.5 Å². The normalized spacial score (nSPS) is 12.1. The van der Waals surface area contributed by atoms with E-state index in [1.54, 1.807) is 13.2 Å². The molecule has 34 heavy (non-hydrogen) atoms. The Morgan fingerprint density at radius 3 is 2.65 bits per heavy atom. The highest BCUT2D eigenvalue weighted by Gasteiger charge is 2.19. The number of amides is 1. The third-order valence-electron chi connectivity index (χ3n) is 6.02. The molecule has 1 amide bonds. The highest BCUT2D eigenvalue weighted by Crippen LogP contribution is 2.27. The fourth-order valence-electron chi connectivity index (χ4n) is 4.28. The van der Waals surface area contributed by atoms with Crippen LogP contribution in [0.2, 0.25) is 0 Å². The fraction of sp³-hybridized carbons (Fsp3) is 0.143. The highest BCUT2D eigenvalue weighted by atomic mass is 16.5. The molecule has 3 aromatic carbocycles. The van der Waals surface area contributed by atoms with Crippen molar-refractivity contribution in [2.24, 2.45) is 0 Å². The molecule has 0 radical (unpaired) electrons. The minimum Gasteiger partial charge on any atom is -0.497 e. The van der Waals surface area contributed by atoms with Crippen molar-refractivity contribution < 1.29 is 14.6 Å². The van der Waals surface area contributed by atoms with Crippen molar-refractivity contribution in [3.8, 4) is 17.0 Å². The van der Waals surface area contributed by atoms with Gasteiger partial charge in [0.25, 0.3) is 5.91 Å². The molecule has 6 heteroatoms. The van der Waals surface area contributed by atoms with Gasteiger partial charge in [-0.15, -0.1) is 0 Å². The largest absolute Gasteiger partial charge is 0.497 e. The maximum Gasteiger partial charge on any atom is 0.252 e. The molecule has 2 aromatic heterocycles. The molecule has 0 aliphatic carbocycles. The van der Waals surface area contributed by atoms with E-state index in [2.05, 4.69) is 10.3 Å². The van der Waals surface area contributed by atoms with Crippen LogP contribution in [-0.2, 0) is 6.42 Å². The topological polar surface area (TPSA) is 87.2 Å². The summed E-state index contributed by atoms with van der Waals surface area (Å²) in [6.45, 7) is -0.170. The van der Waals surface area contributed by atoms with Crippen LogP contribution in [0.25, 0.3) is 33.1 Å². The monoisotopic (exact) mass is 451 g/mol. The van der Waals surface area contributed by atoms with Gasteiger partial charge in [-0.25, -0.2) is 4.98 Å². The number of benzene rings is 3. The van der Waals surface area contributed by atoms with Crippen molar-refractivity contribution in [1.82, 2.24) is 15.3 Å². The number of ether oxygens (including phenoxy) is 1. The summed E-state index contributed by atoms with van der Waals surface area (Å²) < 4.78 is 5.35. The van der Waals surface area contributed by atoms with Gasteiger partial charge in [0.15, 0.2) is 0 Å². The molecule has 0 spiro atoms. The van der Waals surface area contributed by atoms with Crippen molar-refractivity contribution in [3.05, 3.63) is 96.2 Å². The lowest BCUT2D eigenvalue weighted by molar-refractivity contribution is 0.0918. The molecule has 2 heterocycles. The number of pyridine rings is 1. The Kier molecular flexibility index (Phi) is 5.97. The van der Waals surface area contributed by atoms with Crippen LogP contribution in [0.15, 0.2) is 85.1 Å². The Bertz CT molecular complexity index is 1470. The summed E-state index contributed by atoms with van der Waals surface area (Å²) in [4.78, 5) is 21.5. The van der Waals surface area contributed by atoms with E-state index in [4.69, 9.17) is 9.72 Å². The molecule has 5 aromatic rings. The second-order valence-corrected chi connectivity index (χ2v) is 8.22. The molecule has 0 aliphatic rings.